The third-order valence-corrected chi connectivity index (χ3v) is 18.3. The molecule has 8 nitrogen and oxygen atoms in total. The van der Waals surface area contributed by atoms with Crippen LogP contribution in [0.5, 0.6) is 0 Å². The smallest absolute Gasteiger partial charge is 0.162 e. The first-order chi connectivity index (χ1) is 46.6. The van der Waals surface area contributed by atoms with Crippen molar-refractivity contribution in [3.63, 3.8) is 0 Å². The SMILES string of the molecule is c1ccc(-c2cc(-n3c4ccccc4c4cc5c(cc43)c3ccccc3n5-c3ccccc3)nc(-c3ccccc3)n2)cc1.c1ccc(-c2ccc(-c3nc(-c4ccccc4)cc(-n4c5ccccc5c5cc6c(cc54)c4ccccc4n6-c4ccccc4)n3)cc2)cc1. The van der Waals surface area contributed by atoms with Crippen molar-refractivity contribution in [2.45, 2.75) is 0 Å². The van der Waals surface area contributed by atoms with Crippen LogP contribution in [0.2, 0.25) is 0 Å². The Morgan fingerprint density at radius 2 is 0.426 bits per heavy atom. The van der Waals surface area contributed by atoms with Crippen LogP contribution < -0.4 is 0 Å². The van der Waals surface area contributed by atoms with Crippen molar-refractivity contribution in [2.24, 2.45) is 0 Å². The molecule has 0 radical (unpaired) electrons. The van der Waals surface area contributed by atoms with E-state index in [1.807, 2.05) is 36.4 Å². The molecule has 0 amide bonds. The molecule has 0 atom stereocenters. The van der Waals surface area contributed by atoms with Crippen LogP contribution in [0.4, 0.5) is 0 Å². The minimum atomic E-state index is 0.689. The van der Waals surface area contributed by atoms with Crippen LogP contribution in [0.15, 0.2) is 340 Å². The van der Waals surface area contributed by atoms with Gasteiger partial charge in [0, 0.05) is 88.9 Å². The quantitative estimate of drug-likeness (QED) is 0.144. The Labute approximate surface area is 541 Å². The maximum Gasteiger partial charge on any atom is 0.162 e. The molecule has 13 aromatic carbocycles. The summed E-state index contributed by atoms with van der Waals surface area (Å²) in [5.74, 6) is 3.07. The lowest BCUT2D eigenvalue weighted by Gasteiger charge is -2.12. The highest BCUT2D eigenvalue weighted by atomic mass is 15.1. The van der Waals surface area contributed by atoms with Crippen LogP contribution in [0.25, 0.3) is 167 Å². The molecule has 0 spiro atoms. The third kappa shape index (κ3) is 9.22. The molecule has 0 aliphatic heterocycles. The predicted octanol–water partition coefficient (Wildman–Crippen LogP) is 21.7. The normalized spacial score (nSPS) is 11.6. The zero-order valence-corrected chi connectivity index (χ0v) is 50.9. The number of fused-ring (bicyclic) bond motifs is 12. The molecule has 0 bridgehead atoms. The van der Waals surface area contributed by atoms with Gasteiger partial charge in [-0.15, -0.1) is 0 Å². The van der Waals surface area contributed by atoms with Gasteiger partial charge in [0.25, 0.3) is 0 Å². The van der Waals surface area contributed by atoms with Crippen LogP contribution in [0, 0.1) is 0 Å². The Balaban J connectivity index is 0.000000139. The van der Waals surface area contributed by atoms with Crippen LogP contribution >= 0.6 is 0 Å². The predicted molar refractivity (Wildman–Crippen MR) is 389 cm³/mol. The Morgan fingerprint density at radius 1 is 0.170 bits per heavy atom. The number of para-hydroxylation sites is 6. The highest BCUT2D eigenvalue weighted by Crippen LogP contribution is 2.43. The number of rotatable bonds is 9. The molecule has 440 valence electrons. The number of benzene rings is 13. The van der Waals surface area contributed by atoms with Crippen molar-refractivity contribution >= 4 is 87.2 Å². The van der Waals surface area contributed by atoms with Gasteiger partial charge in [0.1, 0.15) is 11.6 Å². The van der Waals surface area contributed by atoms with Gasteiger partial charge in [-0.1, -0.05) is 255 Å². The second-order valence-corrected chi connectivity index (χ2v) is 23.8. The Bertz CT molecular complexity index is 6000. The molecule has 6 heterocycles. The topological polar surface area (TPSA) is 71.3 Å². The molecule has 0 aliphatic rings. The maximum atomic E-state index is 5.32. The Hall–Kier alpha value is -12.8. The van der Waals surface area contributed by atoms with Gasteiger partial charge < -0.3 is 9.13 Å². The zero-order valence-electron chi connectivity index (χ0n) is 50.9. The van der Waals surface area contributed by atoms with Gasteiger partial charge in [0.2, 0.25) is 0 Å². The molecule has 0 unspecified atom stereocenters. The highest BCUT2D eigenvalue weighted by molar-refractivity contribution is 6.20. The fraction of sp³-hybridized carbons (Fsp3) is 0. The van der Waals surface area contributed by atoms with Gasteiger partial charge in [-0.2, -0.15) is 0 Å². The first kappa shape index (κ1) is 54.2. The van der Waals surface area contributed by atoms with Crippen LogP contribution in [0.1, 0.15) is 0 Å². The molecule has 19 aromatic rings. The first-order valence-corrected chi connectivity index (χ1v) is 31.8. The molecule has 8 heteroatoms. The lowest BCUT2D eigenvalue weighted by atomic mass is 10.0. The number of nitrogens with zero attached hydrogens (tertiary/aromatic N) is 8. The standard InChI is InChI=1S/C46H30N4.C40H26N4/c1-4-14-31(15-5-1)32-24-26-34(27-25-32)46-47-40(33-16-6-2-7-17-33)30-45(48-46)50-42-23-13-11-21-37(42)39-28-43-38(29-44(39)50)36-20-10-12-22-41(36)49(43)35-18-8-3-9-19-35;1-4-14-27(15-5-1)34-26-39(42-40(41-34)28-16-6-2-7-17-28)44-36-23-13-11-21-31(36)33-24-37-32(25-38(33)44)30-20-10-12-22-35(30)43(37)29-18-8-3-9-19-29/h1-30H;1-26H. The van der Waals surface area contributed by atoms with E-state index in [-0.39, 0.29) is 0 Å². The molecule has 0 saturated heterocycles. The van der Waals surface area contributed by atoms with Gasteiger partial charge >= 0.3 is 0 Å². The molecule has 0 aliphatic carbocycles. The van der Waals surface area contributed by atoms with Gasteiger partial charge in [0.05, 0.1) is 55.5 Å². The summed E-state index contributed by atoms with van der Waals surface area (Å²) in [6, 6.07) is 120. The minimum absolute atomic E-state index is 0.689. The van der Waals surface area contributed by atoms with Gasteiger partial charge in [-0.3, -0.25) is 9.13 Å². The summed E-state index contributed by atoms with van der Waals surface area (Å²) in [6.45, 7) is 0. The maximum absolute atomic E-state index is 5.32. The third-order valence-electron chi connectivity index (χ3n) is 18.3. The van der Waals surface area contributed by atoms with Crippen LogP contribution in [-0.4, -0.2) is 38.2 Å². The van der Waals surface area contributed by atoms with E-state index in [1.54, 1.807) is 0 Å². The summed E-state index contributed by atoms with van der Waals surface area (Å²) in [7, 11) is 0. The second-order valence-electron chi connectivity index (χ2n) is 23.8. The number of hydrogen-bond donors (Lipinski definition) is 0. The van der Waals surface area contributed by atoms with Gasteiger partial charge in [-0.05, 0) is 83.9 Å². The van der Waals surface area contributed by atoms with E-state index >= 15 is 0 Å². The van der Waals surface area contributed by atoms with E-state index in [0.29, 0.717) is 11.6 Å². The fourth-order valence-electron chi connectivity index (χ4n) is 14.0. The first-order valence-electron chi connectivity index (χ1n) is 31.8. The molecule has 19 rings (SSSR count). The van der Waals surface area contributed by atoms with E-state index in [0.717, 1.165) is 84.3 Å². The van der Waals surface area contributed by atoms with Crippen molar-refractivity contribution in [3.05, 3.63) is 340 Å². The Kier molecular flexibility index (Phi) is 13.0. The van der Waals surface area contributed by atoms with Crippen molar-refractivity contribution in [2.75, 3.05) is 0 Å². The summed E-state index contributed by atoms with van der Waals surface area (Å²) >= 11 is 0. The molecular weight excluding hydrogens is 1150 g/mol. The van der Waals surface area contributed by atoms with Crippen LogP contribution in [-0.2, 0) is 0 Å². The van der Waals surface area contributed by atoms with Crippen molar-refractivity contribution in [1.29, 1.82) is 0 Å². The van der Waals surface area contributed by atoms with Crippen molar-refractivity contribution < 1.29 is 0 Å². The van der Waals surface area contributed by atoms with Crippen molar-refractivity contribution in [3.8, 4) is 79.4 Å². The average molecular weight is 1200 g/mol. The molecule has 6 aromatic heterocycles. The molecule has 94 heavy (non-hydrogen) atoms. The largest absolute Gasteiger partial charge is 0.309 e. The highest BCUT2D eigenvalue weighted by Gasteiger charge is 2.23. The molecular formula is C86H56N8. The lowest BCUT2D eigenvalue weighted by Crippen LogP contribution is -2.02. The monoisotopic (exact) mass is 1200 g/mol. The number of hydrogen-bond acceptors (Lipinski definition) is 4. The van der Waals surface area contributed by atoms with E-state index in [4.69, 9.17) is 19.9 Å². The molecule has 0 saturated carbocycles. The minimum Gasteiger partial charge on any atom is -0.309 e. The summed E-state index contributed by atoms with van der Waals surface area (Å²) in [5.41, 5.74) is 19.7. The van der Waals surface area contributed by atoms with E-state index in [1.165, 1.54) is 70.7 Å². The van der Waals surface area contributed by atoms with E-state index in [2.05, 4.69) is 322 Å². The fourth-order valence-corrected chi connectivity index (χ4v) is 14.0. The lowest BCUT2D eigenvalue weighted by molar-refractivity contribution is 1.05. The summed E-state index contributed by atoms with van der Waals surface area (Å²) in [5, 5.41) is 9.60. The molecule has 0 fully saturated rings. The van der Waals surface area contributed by atoms with Gasteiger partial charge in [0.15, 0.2) is 11.6 Å². The Morgan fingerprint density at radius 3 is 0.787 bits per heavy atom. The second kappa shape index (κ2) is 22.6. The summed E-state index contributed by atoms with van der Waals surface area (Å²) in [4.78, 5) is 20.7. The molecule has 0 N–H and O–H groups in total. The average Bonchev–Trinajstić information content (AvgIpc) is 1.57. The van der Waals surface area contributed by atoms with E-state index < -0.39 is 0 Å². The van der Waals surface area contributed by atoms with Gasteiger partial charge in [-0.25, -0.2) is 19.9 Å². The number of aromatic nitrogens is 8. The zero-order chi connectivity index (χ0) is 62.1. The summed E-state index contributed by atoms with van der Waals surface area (Å²) in [6.07, 6.45) is 0. The van der Waals surface area contributed by atoms with Crippen LogP contribution in [0.3, 0.4) is 0 Å². The van der Waals surface area contributed by atoms with Crippen molar-refractivity contribution in [1.82, 2.24) is 38.2 Å². The summed E-state index contributed by atoms with van der Waals surface area (Å²) < 4.78 is 9.38. The van der Waals surface area contributed by atoms with E-state index in [9.17, 15) is 0 Å².